The van der Waals surface area contributed by atoms with E-state index in [2.05, 4.69) is 11.4 Å². The third kappa shape index (κ3) is 4.02. The van der Waals surface area contributed by atoms with Crippen LogP contribution < -0.4 is 10.1 Å². The highest BCUT2D eigenvalue weighted by Crippen LogP contribution is 2.26. The molecule has 6 nitrogen and oxygen atoms in total. The number of anilines is 1. The standard InChI is InChI=1S/C20H22N2O4/c1-13-7-9-17(22(24)25)12-19(13)21-20(23)14(2)26-18-10-8-15-5-3-4-6-16(15)11-18/h7-12,14H,3-6H2,1-2H3,(H,21,23). The van der Waals surface area contributed by atoms with E-state index in [-0.39, 0.29) is 11.6 Å². The van der Waals surface area contributed by atoms with Gasteiger partial charge in [0.15, 0.2) is 6.10 Å². The van der Waals surface area contributed by atoms with Gasteiger partial charge in [0.05, 0.1) is 10.6 Å². The van der Waals surface area contributed by atoms with E-state index in [1.54, 1.807) is 19.9 Å². The number of benzene rings is 2. The van der Waals surface area contributed by atoms with Gasteiger partial charge in [-0.3, -0.25) is 14.9 Å². The van der Waals surface area contributed by atoms with E-state index in [0.717, 1.165) is 18.4 Å². The van der Waals surface area contributed by atoms with E-state index in [1.807, 2.05) is 12.1 Å². The largest absolute Gasteiger partial charge is 0.481 e. The number of carbonyl (C=O) groups excluding carboxylic acids is 1. The predicted octanol–water partition coefficient (Wildman–Crippen LogP) is 4.19. The summed E-state index contributed by atoms with van der Waals surface area (Å²) in [6, 6.07) is 10.4. The van der Waals surface area contributed by atoms with Crippen LogP contribution in [0, 0.1) is 17.0 Å². The minimum atomic E-state index is -0.713. The van der Waals surface area contributed by atoms with Crippen molar-refractivity contribution in [3.63, 3.8) is 0 Å². The van der Waals surface area contributed by atoms with Gasteiger partial charge >= 0.3 is 0 Å². The van der Waals surface area contributed by atoms with E-state index < -0.39 is 11.0 Å². The number of fused-ring (bicyclic) bond motifs is 1. The number of nitrogens with zero attached hydrogens (tertiary/aromatic N) is 1. The van der Waals surface area contributed by atoms with Gasteiger partial charge in [-0.25, -0.2) is 0 Å². The summed E-state index contributed by atoms with van der Waals surface area (Å²) < 4.78 is 5.79. The number of nitro groups is 1. The van der Waals surface area contributed by atoms with Crippen molar-refractivity contribution in [3.8, 4) is 5.75 Å². The highest BCUT2D eigenvalue weighted by molar-refractivity contribution is 5.95. The predicted molar refractivity (Wildman–Crippen MR) is 99.6 cm³/mol. The molecule has 1 N–H and O–H groups in total. The lowest BCUT2D eigenvalue weighted by Gasteiger charge is -2.19. The van der Waals surface area contributed by atoms with Gasteiger partial charge in [0.25, 0.3) is 11.6 Å². The van der Waals surface area contributed by atoms with Gasteiger partial charge in [-0.05, 0) is 68.4 Å². The molecule has 1 amide bonds. The number of aryl methyl sites for hydroxylation is 3. The number of hydrogen-bond donors (Lipinski definition) is 1. The van der Waals surface area contributed by atoms with Crippen molar-refractivity contribution in [1.82, 2.24) is 0 Å². The van der Waals surface area contributed by atoms with Crippen LogP contribution in [0.2, 0.25) is 0 Å². The van der Waals surface area contributed by atoms with Crippen molar-refractivity contribution in [2.75, 3.05) is 5.32 Å². The molecule has 1 atom stereocenters. The molecule has 2 aromatic rings. The van der Waals surface area contributed by atoms with Gasteiger partial charge in [0.1, 0.15) is 5.75 Å². The molecule has 136 valence electrons. The van der Waals surface area contributed by atoms with Crippen molar-refractivity contribution in [1.29, 1.82) is 0 Å². The molecule has 0 bridgehead atoms. The van der Waals surface area contributed by atoms with Crippen LogP contribution in [0.1, 0.15) is 36.5 Å². The van der Waals surface area contributed by atoms with Crippen molar-refractivity contribution in [2.45, 2.75) is 45.6 Å². The van der Waals surface area contributed by atoms with Crippen LogP contribution >= 0.6 is 0 Å². The molecule has 1 aliphatic carbocycles. The molecule has 6 heteroatoms. The Morgan fingerprint density at radius 3 is 2.62 bits per heavy atom. The molecule has 0 radical (unpaired) electrons. The number of nitro benzene ring substituents is 1. The van der Waals surface area contributed by atoms with Crippen molar-refractivity contribution in [3.05, 3.63) is 63.2 Å². The molecule has 0 spiro atoms. The van der Waals surface area contributed by atoms with Gasteiger partial charge in [-0.1, -0.05) is 12.1 Å². The summed E-state index contributed by atoms with van der Waals surface area (Å²) in [5, 5.41) is 13.6. The van der Waals surface area contributed by atoms with Gasteiger partial charge in [-0.2, -0.15) is 0 Å². The number of rotatable bonds is 5. The summed E-state index contributed by atoms with van der Waals surface area (Å²) in [4.78, 5) is 22.9. The number of hydrogen-bond acceptors (Lipinski definition) is 4. The van der Waals surface area contributed by atoms with Crippen LogP contribution in [-0.2, 0) is 17.6 Å². The van der Waals surface area contributed by atoms with E-state index in [9.17, 15) is 14.9 Å². The number of ether oxygens (including phenoxy) is 1. The molecule has 0 aromatic heterocycles. The Balaban J connectivity index is 1.68. The molecule has 0 heterocycles. The number of amides is 1. The molecule has 1 aliphatic rings. The van der Waals surface area contributed by atoms with Gasteiger partial charge in [0, 0.05) is 12.1 Å². The lowest BCUT2D eigenvalue weighted by molar-refractivity contribution is -0.384. The van der Waals surface area contributed by atoms with Crippen LogP contribution in [0.4, 0.5) is 11.4 Å². The van der Waals surface area contributed by atoms with Crippen LogP contribution in [0.5, 0.6) is 5.75 Å². The first-order chi connectivity index (χ1) is 12.4. The molecule has 0 saturated heterocycles. The molecule has 1 unspecified atom stereocenters. The zero-order valence-electron chi connectivity index (χ0n) is 15.0. The monoisotopic (exact) mass is 354 g/mol. The summed E-state index contributed by atoms with van der Waals surface area (Å²) in [6.07, 6.45) is 3.82. The number of nitrogens with one attached hydrogen (secondary N) is 1. The Morgan fingerprint density at radius 1 is 1.15 bits per heavy atom. The SMILES string of the molecule is Cc1ccc([N+](=O)[O-])cc1NC(=O)C(C)Oc1ccc2c(c1)CCCC2. The Labute approximate surface area is 152 Å². The normalized spacial score (nSPS) is 14.2. The van der Waals surface area contributed by atoms with Gasteiger partial charge in [0.2, 0.25) is 0 Å². The highest BCUT2D eigenvalue weighted by atomic mass is 16.6. The maximum Gasteiger partial charge on any atom is 0.271 e. The third-order valence-electron chi connectivity index (χ3n) is 4.69. The number of carbonyl (C=O) groups is 1. The van der Waals surface area contributed by atoms with Crippen molar-refractivity contribution < 1.29 is 14.5 Å². The summed E-state index contributed by atoms with van der Waals surface area (Å²) >= 11 is 0. The fraction of sp³-hybridized carbons (Fsp3) is 0.350. The molecular formula is C20H22N2O4. The molecule has 0 fully saturated rings. The molecular weight excluding hydrogens is 332 g/mol. The van der Waals surface area contributed by atoms with Crippen molar-refractivity contribution >= 4 is 17.3 Å². The Hall–Kier alpha value is -2.89. The van der Waals surface area contributed by atoms with E-state index in [0.29, 0.717) is 11.4 Å². The molecule has 2 aromatic carbocycles. The van der Waals surface area contributed by atoms with Crippen molar-refractivity contribution in [2.24, 2.45) is 0 Å². The molecule has 0 saturated carbocycles. The van der Waals surface area contributed by atoms with E-state index in [4.69, 9.17) is 4.74 Å². The molecule has 3 rings (SSSR count). The van der Waals surface area contributed by atoms with E-state index in [1.165, 1.54) is 36.1 Å². The fourth-order valence-corrected chi connectivity index (χ4v) is 3.13. The second-order valence-electron chi connectivity index (χ2n) is 6.64. The second kappa shape index (κ2) is 7.56. The zero-order chi connectivity index (χ0) is 18.7. The third-order valence-corrected chi connectivity index (χ3v) is 4.69. The van der Waals surface area contributed by atoms with Gasteiger partial charge < -0.3 is 10.1 Å². The first-order valence-electron chi connectivity index (χ1n) is 8.78. The van der Waals surface area contributed by atoms with Crippen LogP contribution in [0.3, 0.4) is 0 Å². The summed E-state index contributed by atoms with van der Waals surface area (Å²) in [7, 11) is 0. The summed E-state index contributed by atoms with van der Waals surface area (Å²) in [6.45, 7) is 3.45. The Morgan fingerprint density at radius 2 is 1.88 bits per heavy atom. The van der Waals surface area contributed by atoms with Crippen LogP contribution in [0.15, 0.2) is 36.4 Å². The van der Waals surface area contributed by atoms with Gasteiger partial charge in [-0.15, -0.1) is 0 Å². The Kier molecular flexibility index (Phi) is 5.21. The van der Waals surface area contributed by atoms with E-state index >= 15 is 0 Å². The maximum absolute atomic E-state index is 12.4. The minimum absolute atomic E-state index is 0.0610. The Bertz CT molecular complexity index is 848. The minimum Gasteiger partial charge on any atom is -0.481 e. The average Bonchev–Trinajstić information content (AvgIpc) is 2.63. The average molecular weight is 354 g/mol. The zero-order valence-corrected chi connectivity index (χ0v) is 15.0. The quantitative estimate of drug-likeness (QED) is 0.645. The maximum atomic E-state index is 12.4. The first kappa shape index (κ1) is 17.9. The fourth-order valence-electron chi connectivity index (χ4n) is 3.13. The summed E-state index contributed by atoms with van der Waals surface area (Å²) in [5.74, 6) is 0.329. The lowest BCUT2D eigenvalue weighted by Crippen LogP contribution is -2.30. The van der Waals surface area contributed by atoms with Crippen LogP contribution in [0.25, 0.3) is 0 Å². The first-order valence-corrected chi connectivity index (χ1v) is 8.78. The lowest BCUT2D eigenvalue weighted by atomic mass is 9.92. The second-order valence-corrected chi connectivity index (χ2v) is 6.64. The summed E-state index contributed by atoms with van der Waals surface area (Å²) in [5.41, 5.74) is 3.76. The molecule has 26 heavy (non-hydrogen) atoms. The number of non-ortho nitro benzene ring substituents is 1. The molecule has 0 aliphatic heterocycles. The highest BCUT2D eigenvalue weighted by Gasteiger charge is 2.18. The smallest absolute Gasteiger partial charge is 0.271 e. The topological polar surface area (TPSA) is 81.5 Å². The van der Waals surface area contributed by atoms with Crippen LogP contribution in [-0.4, -0.2) is 16.9 Å².